The molecule has 14 heavy (non-hydrogen) atoms. The third-order valence-electron chi connectivity index (χ3n) is 2.06. The molecule has 0 aliphatic heterocycles. The second-order valence-electron chi connectivity index (χ2n) is 3.03. The van der Waals surface area contributed by atoms with Crippen molar-refractivity contribution < 1.29 is 4.74 Å². The number of methoxy groups -OCH3 is 1. The van der Waals surface area contributed by atoms with E-state index in [-0.39, 0.29) is 6.04 Å². The van der Waals surface area contributed by atoms with Crippen molar-refractivity contribution in [3.63, 3.8) is 0 Å². The van der Waals surface area contributed by atoms with Gasteiger partial charge in [0.1, 0.15) is 0 Å². The Morgan fingerprint density at radius 1 is 1.64 bits per heavy atom. The second kappa shape index (κ2) is 6.53. The van der Waals surface area contributed by atoms with Crippen molar-refractivity contribution in [2.24, 2.45) is 5.84 Å². The minimum Gasteiger partial charge on any atom is -0.385 e. The van der Waals surface area contributed by atoms with E-state index in [1.165, 1.54) is 5.56 Å². The van der Waals surface area contributed by atoms with E-state index in [9.17, 15) is 0 Å². The molecule has 0 aliphatic rings. The molecule has 1 unspecified atom stereocenters. The zero-order chi connectivity index (χ0) is 10.4. The third-order valence-corrected chi connectivity index (χ3v) is 3.81. The van der Waals surface area contributed by atoms with Crippen LogP contribution in [0.2, 0.25) is 0 Å². The minimum atomic E-state index is 0.214. The van der Waals surface area contributed by atoms with Crippen LogP contribution in [0.4, 0.5) is 0 Å². The first-order valence-electron chi connectivity index (χ1n) is 4.46. The number of thiophene rings is 1. The maximum Gasteiger partial charge on any atom is 0.0480 e. The van der Waals surface area contributed by atoms with Gasteiger partial charge in [-0.05, 0) is 39.7 Å². The molecule has 1 aromatic heterocycles. The van der Waals surface area contributed by atoms with Gasteiger partial charge in [-0.1, -0.05) is 0 Å². The molecule has 3 N–H and O–H groups in total. The Bertz CT molecular complexity index is 267. The summed E-state index contributed by atoms with van der Waals surface area (Å²) in [6, 6.07) is 0.214. The van der Waals surface area contributed by atoms with Crippen molar-refractivity contribution in [1.82, 2.24) is 5.43 Å². The van der Waals surface area contributed by atoms with E-state index in [0.29, 0.717) is 0 Å². The quantitative estimate of drug-likeness (QED) is 0.477. The van der Waals surface area contributed by atoms with Crippen LogP contribution >= 0.6 is 27.3 Å². The number of rotatable bonds is 6. The van der Waals surface area contributed by atoms with E-state index in [2.05, 4.69) is 32.1 Å². The molecular weight excluding hydrogens is 264 g/mol. The number of hydrazine groups is 1. The van der Waals surface area contributed by atoms with Gasteiger partial charge < -0.3 is 4.74 Å². The normalized spacial score (nSPS) is 13.1. The molecule has 1 heterocycles. The van der Waals surface area contributed by atoms with Crippen LogP contribution in [0.25, 0.3) is 0 Å². The first-order valence-corrected chi connectivity index (χ1v) is 6.19. The molecule has 0 bridgehead atoms. The van der Waals surface area contributed by atoms with Gasteiger partial charge in [0.2, 0.25) is 0 Å². The third kappa shape index (κ3) is 3.33. The fourth-order valence-corrected chi connectivity index (χ4v) is 2.93. The van der Waals surface area contributed by atoms with Crippen LogP contribution in [-0.2, 0) is 4.74 Å². The number of halogens is 1. The largest absolute Gasteiger partial charge is 0.385 e. The summed E-state index contributed by atoms with van der Waals surface area (Å²) in [6.45, 7) is 0.778. The molecule has 1 rings (SSSR count). The minimum absolute atomic E-state index is 0.214. The van der Waals surface area contributed by atoms with Crippen molar-refractivity contribution >= 4 is 27.3 Å². The summed E-state index contributed by atoms with van der Waals surface area (Å²) in [7, 11) is 1.71. The topological polar surface area (TPSA) is 47.3 Å². The Morgan fingerprint density at radius 3 is 2.93 bits per heavy atom. The summed E-state index contributed by atoms with van der Waals surface area (Å²) in [4.78, 5) is 0. The summed E-state index contributed by atoms with van der Waals surface area (Å²) < 4.78 is 6.13. The van der Waals surface area contributed by atoms with Crippen LogP contribution in [0, 0.1) is 0 Å². The average Bonchev–Trinajstić information content (AvgIpc) is 2.60. The van der Waals surface area contributed by atoms with Crippen molar-refractivity contribution in [3.05, 3.63) is 20.8 Å². The van der Waals surface area contributed by atoms with E-state index < -0.39 is 0 Å². The molecule has 0 amide bonds. The highest BCUT2D eigenvalue weighted by Crippen LogP contribution is 2.29. The number of ether oxygens (including phenoxy) is 1. The lowest BCUT2D eigenvalue weighted by atomic mass is 10.1. The summed E-state index contributed by atoms with van der Waals surface area (Å²) >= 11 is 5.18. The van der Waals surface area contributed by atoms with Gasteiger partial charge in [-0.15, -0.1) is 0 Å². The fourth-order valence-electron chi connectivity index (χ4n) is 1.30. The molecule has 0 radical (unpaired) electrons. The summed E-state index contributed by atoms with van der Waals surface area (Å²) in [5.41, 5.74) is 4.06. The maximum absolute atomic E-state index is 5.51. The Labute approximate surface area is 96.7 Å². The predicted molar refractivity (Wildman–Crippen MR) is 63.2 cm³/mol. The summed E-state index contributed by atoms with van der Waals surface area (Å²) in [6.07, 6.45) is 1.99. The highest BCUT2D eigenvalue weighted by atomic mass is 79.9. The van der Waals surface area contributed by atoms with Crippen LogP contribution in [-0.4, -0.2) is 13.7 Å². The van der Waals surface area contributed by atoms with Gasteiger partial charge in [0.15, 0.2) is 0 Å². The first-order chi connectivity index (χ1) is 6.79. The van der Waals surface area contributed by atoms with Crippen molar-refractivity contribution in [2.45, 2.75) is 18.9 Å². The number of hydrogen-bond donors (Lipinski definition) is 2. The van der Waals surface area contributed by atoms with Gasteiger partial charge >= 0.3 is 0 Å². The Kier molecular flexibility index (Phi) is 5.66. The molecular formula is C9H15BrN2OS. The van der Waals surface area contributed by atoms with Crippen LogP contribution in [0.5, 0.6) is 0 Å². The van der Waals surface area contributed by atoms with E-state index in [0.717, 1.165) is 23.9 Å². The highest BCUT2D eigenvalue weighted by molar-refractivity contribution is 9.10. The number of nitrogens with two attached hydrogens (primary N) is 1. The molecule has 1 aromatic rings. The fraction of sp³-hybridized carbons (Fsp3) is 0.556. The standard InChI is InChI=1S/C9H15BrN2OS/c1-13-4-2-3-9(12-11)7-5-14-6-8(7)10/h5-6,9,12H,2-4,11H2,1H3. The predicted octanol–water partition coefficient (Wildman–Crippen LogP) is 2.44. The van der Waals surface area contributed by atoms with Crippen molar-refractivity contribution in [2.75, 3.05) is 13.7 Å². The SMILES string of the molecule is COCCCC(NN)c1cscc1Br. The molecule has 3 nitrogen and oxygen atoms in total. The van der Waals surface area contributed by atoms with Gasteiger partial charge in [0, 0.05) is 29.6 Å². The van der Waals surface area contributed by atoms with Crippen molar-refractivity contribution in [3.8, 4) is 0 Å². The molecule has 0 fully saturated rings. The van der Waals surface area contributed by atoms with Crippen LogP contribution in [0.3, 0.4) is 0 Å². The van der Waals surface area contributed by atoms with Crippen LogP contribution in [0.1, 0.15) is 24.4 Å². The lowest BCUT2D eigenvalue weighted by Gasteiger charge is -2.14. The van der Waals surface area contributed by atoms with Crippen molar-refractivity contribution in [1.29, 1.82) is 0 Å². The maximum atomic E-state index is 5.51. The monoisotopic (exact) mass is 278 g/mol. The molecule has 0 saturated heterocycles. The summed E-state index contributed by atoms with van der Waals surface area (Å²) in [5.74, 6) is 5.51. The van der Waals surface area contributed by atoms with Gasteiger partial charge in [0.25, 0.3) is 0 Å². The molecule has 5 heteroatoms. The highest BCUT2D eigenvalue weighted by Gasteiger charge is 2.12. The van der Waals surface area contributed by atoms with Gasteiger partial charge in [-0.2, -0.15) is 11.3 Å². The Balaban J connectivity index is 2.50. The first kappa shape index (κ1) is 12.1. The van der Waals surface area contributed by atoms with E-state index >= 15 is 0 Å². The van der Waals surface area contributed by atoms with Crippen LogP contribution < -0.4 is 11.3 Å². The molecule has 0 aliphatic carbocycles. The van der Waals surface area contributed by atoms with Gasteiger partial charge in [-0.25, -0.2) is 0 Å². The lowest BCUT2D eigenvalue weighted by Crippen LogP contribution is -2.28. The summed E-state index contributed by atoms with van der Waals surface area (Å²) in [5, 5.41) is 4.18. The smallest absolute Gasteiger partial charge is 0.0480 e. The van der Waals surface area contributed by atoms with E-state index in [1.54, 1.807) is 18.4 Å². The Hall–Kier alpha value is 0.0600. The number of hydrogen-bond acceptors (Lipinski definition) is 4. The lowest BCUT2D eigenvalue weighted by molar-refractivity contribution is 0.189. The Morgan fingerprint density at radius 2 is 2.43 bits per heavy atom. The zero-order valence-electron chi connectivity index (χ0n) is 8.13. The molecule has 0 spiro atoms. The zero-order valence-corrected chi connectivity index (χ0v) is 10.5. The number of nitrogens with one attached hydrogen (secondary N) is 1. The molecule has 0 aromatic carbocycles. The van der Waals surface area contributed by atoms with E-state index in [4.69, 9.17) is 10.6 Å². The molecule has 0 saturated carbocycles. The molecule has 80 valence electrons. The van der Waals surface area contributed by atoms with E-state index in [1.807, 2.05) is 0 Å². The van der Waals surface area contributed by atoms with Crippen LogP contribution in [0.15, 0.2) is 15.2 Å². The molecule has 1 atom stereocenters. The average molecular weight is 279 g/mol. The van der Waals surface area contributed by atoms with Gasteiger partial charge in [-0.3, -0.25) is 11.3 Å². The second-order valence-corrected chi connectivity index (χ2v) is 4.63. The van der Waals surface area contributed by atoms with Gasteiger partial charge in [0.05, 0.1) is 0 Å².